The number of hydrogen-bond acceptors (Lipinski definition) is 2. The van der Waals surface area contributed by atoms with Gasteiger partial charge in [-0.2, -0.15) is 0 Å². The van der Waals surface area contributed by atoms with Crippen LogP contribution in [0.5, 0.6) is 5.75 Å². The van der Waals surface area contributed by atoms with Crippen molar-refractivity contribution in [1.82, 2.24) is 0 Å². The minimum atomic E-state index is -0.868. The van der Waals surface area contributed by atoms with Crippen LogP contribution in [0.15, 0.2) is 40.9 Å². The molecule has 0 heterocycles. The van der Waals surface area contributed by atoms with E-state index in [9.17, 15) is 9.50 Å². The second kappa shape index (κ2) is 6.57. The molecule has 2 nitrogen and oxygen atoms in total. The first-order chi connectivity index (χ1) is 9.51. The van der Waals surface area contributed by atoms with Gasteiger partial charge in [0.1, 0.15) is 11.6 Å². The third-order valence-electron chi connectivity index (χ3n) is 2.92. The highest BCUT2D eigenvalue weighted by Gasteiger charge is 2.18. The summed E-state index contributed by atoms with van der Waals surface area (Å²) in [7, 11) is 1.51. The third-order valence-corrected chi connectivity index (χ3v) is 3.70. The lowest BCUT2D eigenvalue weighted by Gasteiger charge is -2.16. The Morgan fingerprint density at radius 3 is 2.75 bits per heavy atom. The molecule has 2 rings (SSSR count). The van der Waals surface area contributed by atoms with E-state index in [1.54, 1.807) is 24.3 Å². The maximum atomic E-state index is 13.3. The summed E-state index contributed by atoms with van der Waals surface area (Å²) in [6.45, 7) is 0. The van der Waals surface area contributed by atoms with E-state index in [2.05, 4.69) is 15.9 Å². The van der Waals surface area contributed by atoms with Gasteiger partial charge < -0.3 is 9.84 Å². The minimum absolute atomic E-state index is 0.246. The number of halogens is 3. The molecular weight excluding hydrogens is 347 g/mol. The zero-order valence-corrected chi connectivity index (χ0v) is 13.1. The molecule has 0 aliphatic carbocycles. The Kier molecular flexibility index (Phi) is 5.02. The fourth-order valence-corrected chi connectivity index (χ4v) is 2.88. The number of hydrogen-bond donors (Lipinski definition) is 1. The molecule has 0 aromatic heterocycles. The van der Waals surface area contributed by atoms with E-state index in [1.165, 1.54) is 19.2 Å². The number of aliphatic hydroxyl groups excluding tert-OH is 1. The van der Waals surface area contributed by atoms with E-state index in [4.69, 9.17) is 16.3 Å². The van der Waals surface area contributed by atoms with Gasteiger partial charge >= 0.3 is 0 Å². The van der Waals surface area contributed by atoms with Gasteiger partial charge in [-0.25, -0.2) is 4.39 Å². The molecule has 1 atom stereocenters. The maximum absolute atomic E-state index is 13.3. The monoisotopic (exact) mass is 358 g/mol. The number of rotatable bonds is 4. The molecule has 0 fully saturated rings. The maximum Gasteiger partial charge on any atom is 0.126 e. The first kappa shape index (κ1) is 15.3. The van der Waals surface area contributed by atoms with Crippen molar-refractivity contribution in [2.75, 3.05) is 7.11 Å². The predicted molar refractivity (Wildman–Crippen MR) is 80.8 cm³/mol. The number of ether oxygens (including phenoxy) is 1. The molecular formula is C15H13BrClFO2. The van der Waals surface area contributed by atoms with Crippen molar-refractivity contribution in [3.05, 3.63) is 62.8 Å². The molecule has 1 N–H and O–H groups in total. The topological polar surface area (TPSA) is 29.5 Å². The fraction of sp³-hybridized carbons (Fsp3) is 0.200. The number of benzene rings is 2. The van der Waals surface area contributed by atoms with E-state index in [-0.39, 0.29) is 12.2 Å². The summed E-state index contributed by atoms with van der Waals surface area (Å²) < 4.78 is 19.2. The largest absolute Gasteiger partial charge is 0.496 e. The average Bonchev–Trinajstić information content (AvgIpc) is 2.36. The van der Waals surface area contributed by atoms with Crippen LogP contribution in [0.4, 0.5) is 4.39 Å². The van der Waals surface area contributed by atoms with Gasteiger partial charge in [-0.1, -0.05) is 33.6 Å². The Labute approximate surface area is 130 Å². The third kappa shape index (κ3) is 3.51. The molecule has 5 heteroatoms. The Morgan fingerprint density at radius 2 is 2.10 bits per heavy atom. The van der Waals surface area contributed by atoms with E-state index in [0.29, 0.717) is 26.4 Å². The van der Waals surface area contributed by atoms with Crippen molar-refractivity contribution in [2.24, 2.45) is 0 Å². The molecule has 2 aromatic carbocycles. The molecule has 0 saturated carbocycles. The minimum Gasteiger partial charge on any atom is -0.496 e. The molecule has 0 bridgehead atoms. The van der Waals surface area contributed by atoms with Gasteiger partial charge in [0.2, 0.25) is 0 Å². The molecule has 0 spiro atoms. The van der Waals surface area contributed by atoms with Crippen LogP contribution in [0.2, 0.25) is 5.02 Å². The van der Waals surface area contributed by atoms with E-state index in [1.807, 2.05) is 0 Å². The first-order valence-corrected chi connectivity index (χ1v) is 7.14. The van der Waals surface area contributed by atoms with Gasteiger partial charge in [-0.3, -0.25) is 0 Å². The van der Waals surface area contributed by atoms with Gasteiger partial charge in [0.15, 0.2) is 0 Å². The van der Waals surface area contributed by atoms with Gasteiger partial charge in [0.05, 0.1) is 18.2 Å². The highest BCUT2D eigenvalue weighted by Crippen LogP contribution is 2.34. The number of aliphatic hydroxyl groups is 1. The van der Waals surface area contributed by atoms with Crippen LogP contribution in [0.25, 0.3) is 0 Å². The van der Waals surface area contributed by atoms with Crippen LogP contribution < -0.4 is 4.74 Å². The van der Waals surface area contributed by atoms with E-state index in [0.717, 1.165) is 0 Å². The van der Waals surface area contributed by atoms with Crippen molar-refractivity contribution >= 4 is 27.5 Å². The molecule has 2 aromatic rings. The molecule has 0 aliphatic heterocycles. The molecule has 0 saturated heterocycles. The second-order valence-electron chi connectivity index (χ2n) is 4.35. The molecule has 0 amide bonds. The van der Waals surface area contributed by atoms with E-state index < -0.39 is 6.10 Å². The van der Waals surface area contributed by atoms with Crippen molar-refractivity contribution < 1.29 is 14.2 Å². The fourth-order valence-electron chi connectivity index (χ4n) is 2.07. The Morgan fingerprint density at radius 1 is 1.35 bits per heavy atom. The van der Waals surface area contributed by atoms with Crippen molar-refractivity contribution in [2.45, 2.75) is 12.5 Å². The number of methoxy groups -OCH3 is 1. The van der Waals surface area contributed by atoms with Gasteiger partial charge in [0.25, 0.3) is 0 Å². The molecule has 0 aliphatic rings. The lowest BCUT2D eigenvalue weighted by atomic mass is 10.0. The average molecular weight is 360 g/mol. The van der Waals surface area contributed by atoms with Crippen molar-refractivity contribution in [3.8, 4) is 5.75 Å². The smallest absolute Gasteiger partial charge is 0.126 e. The molecule has 0 radical (unpaired) electrons. The summed E-state index contributed by atoms with van der Waals surface area (Å²) in [5.41, 5.74) is 1.18. The summed E-state index contributed by atoms with van der Waals surface area (Å²) in [4.78, 5) is 0. The van der Waals surface area contributed by atoms with Gasteiger partial charge in [-0.15, -0.1) is 0 Å². The molecule has 106 valence electrons. The second-order valence-corrected chi connectivity index (χ2v) is 5.68. The quantitative estimate of drug-likeness (QED) is 0.869. The first-order valence-electron chi connectivity index (χ1n) is 5.96. The summed E-state index contributed by atoms with van der Waals surface area (Å²) >= 11 is 9.34. The van der Waals surface area contributed by atoms with Crippen LogP contribution in [0.1, 0.15) is 17.2 Å². The SMILES string of the molecule is COc1cccc(Cl)c1C(O)Cc1cc(F)cc(Br)c1. The highest BCUT2D eigenvalue weighted by molar-refractivity contribution is 9.10. The van der Waals surface area contributed by atoms with Crippen molar-refractivity contribution in [1.29, 1.82) is 0 Å². The van der Waals surface area contributed by atoms with Crippen molar-refractivity contribution in [3.63, 3.8) is 0 Å². The molecule has 1 unspecified atom stereocenters. The van der Waals surface area contributed by atoms with Crippen LogP contribution in [-0.2, 0) is 6.42 Å². The lowest BCUT2D eigenvalue weighted by Crippen LogP contribution is -2.05. The zero-order chi connectivity index (χ0) is 14.7. The van der Waals surface area contributed by atoms with Crippen LogP contribution in [0.3, 0.4) is 0 Å². The molecule has 20 heavy (non-hydrogen) atoms. The summed E-state index contributed by atoms with van der Waals surface area (Å²) in [6, 6.07) is 9.67. The summed E-state index contributed by atoms with van der Waals surface area (Å²) in [5, 5.41) is 10.8. The normalized spacial score (nSPS) is 12.2. The lowest BCUT2D eigenvalue weighted by molar-refractivity contribution is 0.174. The Hall–Kier alpha value is -1.10. The standard InChI is InChI=1S/C15H13BrClFO2/c1-20-14-4-2-3-12(17)15(14)13(19)7-9-5-10(16)8-11(18)6-9/h2-6,8,13,19H,7H2,1H3. The van der Waals surface area contributed by atoms with Gasteiger partial charge in [0, 0.05) is 16.5 Å². The summed E-state index contributed by atoms with van der Waals surface area (Å²) in [6.07, 6.45) is -0.622. The summed E-state index contributed by atoms with van der Waals surface area (Å²) in [5.74, 6) is 0.160. The Balaban J connectivity index is 2.30. The van der Waals surface area contributed by atoms with E-state index >= 15 is 0 Å². The highest BCUT2D eigenvalue weighted by atomic mass is 79.9. The van der Waals surface area contributed by atoms with Gasteiger partial charge in [-0.05, 0) is 35.9 Å². The Bertz CT molecular complexity index is 599. The zero-order valence-electron chi connectivity index (χ0n) is 10.7. The van der Waals surface area contributed by atoms with Crippen LogP contribution in [-0.4, -0.2) is 12.2 Å². The van der Waals surface area contributed by atoms with Crippen LogP contribution in [0, 0.1) is 5.82 Å². The predicted octanol–water partition coefficient (Wildman–Crippen LogP) is 4.53. The van der Waals surface area contributed by atoms with Crippen LogP contribution >= 0.6 is 27.5 Å².